The van der Waals surface area contributed by atoms with Gasteiger partial charge < -0.3 is 9.84 Å². The standard InChI is InChI=1S/C12H10N2O4S/c15-9-8-7(10(16)17)6-1-2-12(8,18-6)5-14(9)11-13-3-4-19-11/h1-4,6-8H,5H2,(H,16,17)/t6-,7-,8-,12-/m1/s1. The van der Waals surface area contributed by atoms with Crippen LogP contribution in [0.2, 0.25) is 0 Å². The highest BCUT2D eigenvalue weighted by Crippen LogP contribution is 2.52. The summed E-state index contributed by atoms with van der Waals surface area (Å²) in [5.41, 5.74) is -0.781. The summed E-state index contributed by atoms with van der Waals surface area (Å²) in [5.74, 6) is -2.60. The van der Waals surface area contributed by atoms with Crippen LogP contribution in [0.15, 0.2) is 23.7 Å². The van der Waals surface area contributed by atoms with Gasteiger partial charge in [0.2, 0.25) is 5.91 Å². The van der Waals surface area contributed by atoms with Crippen LogP contribution in [0.1, 0.15) is 0 Å². The molecular formula is C12H10N2O4S. The van der Waals surface area contributed by atoms with Gasteiger partial charge in [-0.05, 0) is 0 Å². The number of rotatable bonds is 2. The van der Waals surface area contributed by atoms with Crippen molar-refractivity contribution in [2.45, 2.75) is 11.7 Å². The lowest BCUT2D eigenvalue weighted by atomic mass is 9.77. The molecule has 1 N–H and O–H groups in total. The summed E-state index contributed by atoms with van der Waals surface area (Å²) in [6, 6.07) is 0. The Bertz CT molecular complexity index is 599. The smallest absolute Gasteiger partial charge is 0.310 e. The lowest BCUT2D eigenvalue weighted by Crippen LogP contribution is -2.39. The minimum absolute atomic E-state index is 0.200. The zero-order chi connectivity index (χ0) is 13.2. The lowest BCUT2D eigenvalue weighted by Gasteiger charge is -2.21. The fourth-order valence-corrected chi connectivity index (χ4v) is 3.94. The zero-order valence-corrected chi connectivity index (χ0v) is 10.5. The van der Waals surface area contributed by atoms with E-state index < -0.39 is 29.5 Å². The van der Waals surface area contributed by atoms with Crippen molar-refractivity contribution in [2.75, 3.05) is 11.4 Å². The predicted octanol–water partition coefficient (Wildman–Crippen LogP) is 0.514. The molecule has 2 bridgehead atoms. The van der Waals surface area contributed by atoms with Crippen molar-refractivity contribution in [2.24, 2.45) is 11.8 Å². The van der Waals surface area contributed by atoms with Gasteiger partial charge in [-0.3, -0.25) is 14.5 Å². The molecule has 0 unspecified atom stereocenters. The first-order valence-electron chi connectivity index (χ1n) is 5.93. The molecule has 1 aromatic heterocycles. The van der Waals surface area contributed by atoms with Crippen molar-refractivity contribution in [3.05, 3.63) is 23.7 Å². The molecule has 19 heavy (non-hydrogen) atoms. The molecule has 98 valence electrons. The number of aliphatic carboxylic acids is 1. The third-order valence-electron chi connectivity index (χ3n) is 4.04. The van der Waals surface area contributed by atoms with E-state index in [-0.39, 0.29) is 5.91 Å². The fraction of sp³-hybridized carbons (Fsp3) is 0.417. The summed E-state index contributed by atoms with van der Waals surface area (Å²) < 4.78 is 5.78. The van der Waals surface area contributed by atoms with Crippen LogP contribution in [-0.2, 0) is 14.3 Å². The van der Waals surface area contributed by atoms with Gasteiger partial charge in [0.15, 0.2) is 5.13 Å². The highest BCUT2D eigenvalue weighted by molar-refractivity contribution is 7.13. The van der Waals surface area contributed by atoms with Crippen LogP contribution in [0.25, 0.3) is 0 Å². The molecule has 4 heterocycles. The van der Waals surface area contributed by atoms with Crippen LogP contribution in [0.3, 0.4) is 0 Å². The summed E-state index contributed by atoms with van der Waals surface area (Å²) in [5, 5.41) is 11.7. The summed E-state index contributed by atoms with van der Waals surface area (Å²) in [7, 11) is 0. The molecule has 3 aliphatic heterocycles. The van der Waals surface area contributed by atoms with Crippen molar-refractivity contribution in [1.29, 1.82) is 0 Å². The number of thiazole rings is 1. The first kappa shape index (κ1) is 11.1. The van der Waals surface area contributed by atoms with Gasteiger partial charge in [-0.2, -0.15) is 0 Å². The second kappa shape index (κ2) is 3.43. The van der Waals surface area contributed by atoms with Crippen molar-refractivity contribution >= 4 is 28.3 Å². The Labute approximate surface area is 112 Å². The summed E-state index contributed by atoms with van der Waals surface area (Å²) in [6.07, 6.45) is 4.74. The third kappa shape index (κ3) is 1.26. The molecule has 0 aromatic carbocycles. The monoisotopic (exact) mass is 278 g/mol. The largest absolute Gasteiger partial charge is 0.481 e. The number of hydrogen-bond donors (Lipinski definition) is 1. The maximum Gasteiger partial charge on any atom is 0.310 e. The molecule has 3 aliphatic rings. The van der Waals surface area contributed by atoms with E-state index in [9.17, 15) is 14.7 Å². The second-order valence-electron chi connectivity index (χ2n) is 4.98. The topological polar surface area (TPSA) is 79.7 Å². The maximum absolute atomic E-state index is 12.5. The molecule has 0 radical (unpaired) electrons. The van der Waals surface area contributed by atoms with Gasteiger partial charge in [-0.15, -0.1) is 11.3 Å². The van der Waals surface area contributed by atoms with Gasteiger partial charge in [0.25, 0.3) is 0 Å². The van der Waals surface area contributed by atoms with E-state index in [1.165, 1.54) is 16.2 Å². The van der Waals surface area contributed by atoms with Crippen molar-refractivity contribution in [3.63, 3.8) is 0 Å². The molecule has 4 rings (SSSR count). The maximum atomic E-state index is 12.5. The van der Waals surface area contributed by atoms with Gasteiger partial charge >= 0.3 is 5.97 Å². The first-order valence-corrected chi connectivity index (χ1v) is 6.81. The molecule has 7 heteroatoms. The highest BCUT2D eigenvalue weighted by Gasteiger charge is 2.67. The number of amides is 1. The van der Waals surface area contributed by atoms with Gasteiger partial charge in [-0.1, -0.05) is 12.2 Å². The van der Waals surface area contributed by atoms with Crippen LogP contribution < -0.4 is 4.90 Å². The number of aromatic nitrogens is 1. The van der Waals surface area contributed by atoms with Crippen LogP contribution in [-0.4, -0.2) is 40.2 Å². The number of hydrogen-bond acceptors (Lipinski definition) is 5. The van der Waals surface area contributed by atoms with Crippen molar-refractivity contribution in [1.82, 2.24) is 4.98 Å². The van der Waals surface area contributed by atoms with Crippen LogP contribution in [0, 0.1) is 11.8 Å². The Hall–Kier alpha value is -1.73. The summed E-state index contributed by atoms with van der Waals surface area (Å²) in [6.45, 7) is 0.348. The van der Waals surface area contributed by atoms with Gasteiger partial charge in [0.1, 0.15) is 11.5 Å². The zero-order valence-electron chi connectivity index (χ0n) is 9.72. The van der Waals surface area contributed by atoms with E-state index in [1.807, 2.05) is 6.08 Å². The van der Waals surface area contributed by atoms with Gasteiger partial charge in [0, 0.05) is 11.6 Å². The quantitative estimate of drug-likeness (QED) is 0.797. The number of anilines is 1. The Kier molecular flexibility index (Phi) is 2.01. The average molecular weight is 278 g/mol. The Morgan fingerprint density at radius 1 is 1.63 bits per heavy atom. The Morgan fingerprint density at radius 3 is 3.16 bits per heavy atom. The third-order valence-corrected chi connectivity index (χ3v) is 4.83. The van der Waals surface area contributed by atoms with E-state index in [0.717, 1.165) is 0 Å². The minimum Gasteiger partial charge on any atom is -0.481 e. The van der Waals surface area contributed by atoms with E-state index >= 15 is 0 Å². The molecule has 0 aliphatic carbocycles. The van der Waals surface area contributed by atoms with Crippen LogP contribution in [0.5, 0.6) is 0 Å². The van der Waals surface area contributed by atoms with Crippen LogP contribution >= 0.6 is 11.3 Å². The Morgan fingerprint density at radius 2 is 2.47 bits per heavy atom. The summed E-state index contributed by atoms with van der Waals surface area (Å²) >= 11 is 1.36. The van der Waals surface area contributed by atoms with E-state index in [0.29, 0.717) is 11.7 Å². The molecule has 1 spiro atoms. The number of nitrogens with zero attached hydrogens (tertiary/aromatic N) is 2. The second-order valence-corrected chi connectivity index (χ2v) is 5.85. The molecular weight excluding hydrogens is 268 g/mol. The van der Waals surface area contributed by atoms with E-state index in [2.05, 4.69) is 4.98 Å². The molecule has 4 atom stereocenters. The number of fused-ring (bicyclic) bond motifs is 1. The minimum atomic E-state index is -0.976. The number of ether oxygens (including phenoxy) is 1. The molecule has 0 saturated carbocycles. The van der Waals surface area contributed by atoms with Gasteiger partial charge in [-0.25, -0.2) is 4.98 Å². The molecule has 1 aromatic rings. The van der Waals surface area contributed by atoms with Gasteiger partial charge in [0.05, 0.1) is 18.6 Å². The van der Waals surface area contributed by atoms with Crippen molar-refractivity contribution in [3.8, 4) is 0 Å². The highest BCUT2D eigenvalue weighted by atomic mass is 32.1. The van der Waals surface area contributed by atoms with Crippen molar-refractivity contribution < 1.29 is 19.4 Å². The molecule has 1 amide bonds. The van der Waals surface area contributed by atoms with Crippen LogP contribution in [0.4, 0.5) is 5.13 Å². The first-order chi connectivity index (χ1) is 9.12. The number of carboxylic acid groups (broad SMARTS) is 1. The Balaban J connectivity index is 1.77. The molecule has 6 nitrogen and oxygen atoms in total. The summed E-state index contributed by atoms with van der Waals surface area (Å²) in [4.78, 5) is 29.5. The van der Waals surface area contributed by atoms with E-state index in [1.54, 1.807) is 17.7 Å². The van der Waals surface area contributed by atoms with E-state index in [4.69, 9.17) is 4.74 Å². The average Bonchev–Trinajstić information content (AvgIpc) is 3.09. The lowest BCUT2D eigenvalue weighted by molar-refractivity contribution is -0.146. The SMILES string of the molecule is O=C(O)[C@@H]1[C@H]2C=C[C@]3(CN(c4nccs4)C(=O)[C@@H]13)O2. The normalized spacial score (nSPS) is 39.1. The number of carbonyl (C=O) groups excluding carboxylic acids is 1. The molecule has 2 saturated heterocycles. The number of carboxylic acids is 1. The molecule has 2 fully saturated rings. The fourth-order valence-electron chi connectivity index (χ4n) is 3.29. The predicted molar refractivity (Wildman–Crippen MR) is 65.8 cm³/mol. The number of carbonyl (C=O) groups is 2.